The van der Waals surface area contributed by atoms with Gasteiger partial charge in [-0.3, -0.25) is 0 Å². The second kappa shape index (κ2) is 5.75. The quantitative estimate of drug-likeness (QED) is 0.832. The van der Waals surface area contributed by atoms with E-state index in [9.17, 15) is 13.2 Å². The van der Waals surface area contributed by atoms with Crippen molar-refractivity contribution in [2.45, 2.75) is 32.6 Å². The lowest BCUT2D eigenvalue weighted by molar-refractivity contribution is 0.0595. The van der Waals surface area contributed by atoms with Crippen molar-refractivity contribution in [2.75, 3.05) is 13.7 Å². The van der Waals surface area contributed by atoms with Gasteiger partial charge in [-0.25, -0.2) is 17.9 Å². The maximum atomic E-state index is 12.2. The van der Waals surface area contributed by atoms with Crippen molar-refractivity contribution < 1.29 is 22.4 Å². The van der Waals surface area contributed by atoms with Gasteiger partial charge in [-0.05, 0) is 19.8 Å². The molecule has 1 aromatic rings. The van der Waals surface area contributed by atoms with Gasteiger partial charge in [-0.15, -0.1) is 0 Å². The molecule has 1 aromatic heterocycles. The van der Waals surface area contributed by atoms with Crippen molar-refractivity contribution >= 4 is 16.0 Å². The summed E-state index contributed by atoms with van der Waals surface area (Å²) in [6, 6.07) is 0. The number of sulfonamides is 1. The molecule has 0 atom stereocenters. The lowest BCUT2D eigenvalue weighted by atomic mass is 10.2. The summed E-state index contributed by atoms with van der Waals surface area (Å²) < 4.78 is 36.8. The van der Waals surface area contributed by atoms with Gasteiger partial charge in [0.25, 0.3) is 0 Å². The average molecular weight is 289 g/mol. The molecule has 0 aliphatic heterocycles. The molecular weight excluding hydrogens is 270 g/mol. The highest BCUT2D eigenvalue weighted by Gasteiger charge is 2.31. The monoisotopic (exact) mass is 289 g/mol. The minimum atomic E-state index is -3.80. The van der Waals surface area contributed by atoms with Gasteiger partial charge in [0, 0.05) is 6.54 Å². The number of carbonyl (C=O) groups excluding carboxylic acids is 1. The van der Waals surface area contributed by atoms with E-state index in [0.29, 0.717) is 0 Å². The van der Waals surface area contributed by atoms with E-state index < -0.39 is 16.0 Å². The normalized spacial score (nSPS) is 11.9. The van der Waals surface area contributed by atoms with Gasteiger partial charge >= 0.3 is 5.97 Å². The Morgan fingerprint density at radius 1 is 1.32 bits per heavy atom. The molecule has 0 bridgehead atoms. The van der Waals surface area contributed by atoms with Crippen LogP contribution in [0, 0.1) is 19.8 Å². The molecule has 0 aliphatic carbocycles. The predicted octanol–water partition coefficient (Wildman–Crippen LogP) is 1.62. The number of furan rings is 1. The number of rotatable bonds is 5. The van der Waals surface area contributed by atoms with E-state index in [2.05, 4.69) is 9.46 Å². The fourth-order valence-corrected chi connectivity index (χ4v) is 3.29. The van der Waals surface area contributed by atoms with E-state index >= 15 is 0 Å². The lowest BCUT2D eigenvalue weighted by Crippen LogP contribution is -2.29. The Morgan fingerprint density at radius 3 is 2.37 bits per heavy atom. The molecule has 1 rings (SSSR count). The second-order valence-corrected chi connectivity index (χ2v) is 6.36. The molecule has 0 unspecified atom stereocenters. The van der Waals surface area contributed by atoms with Gasteiger partial charge in [0.1, 0.15) is 22.0 Å². The van der Waals surface area contributed by atoms with Gasteiger partial charge < -0.3 is 9.15 Å². The number of carbonyl (C=O) groups is 1. The van der Waals surface area contributed by atoms with Crippen LogP contribution in [0.3, 0.4) is 0 Å². The minimum Gasteiger partial charge on any atom is -0.465 e. The summed E-state index contributed by atoms with van der Waals surface area (Å²) in [5, 5.41) is 0. The highest BCUT2D eigenvalue weighted by atomic mass is 32.2. The molecule has 1 N–H and O–H groups in total. The Morgan fingerprint density at radius 2 is 1.89 bits per heavy atom. The van der Waals surface area contributed by atoms with E-state index in [1.165, 1.54) is 21.0 Å². The summed E-state index contributed by atoms with van der Waals surface area (Å²) in [7, 11) is -2.60. The van der Waals surface area contributed by atoms with Crippen molar-refractivity contribution in [3.05, 3.63) is 17.1 Å². The first-order chi connectivity index (χ1) is 8.70. The number of methoxy groups -OCH3 is 1. The summed E-state index contributed by atoms with van der Waals surface area (Å²) in [5.41, 5.74) is -0.0451. The molecule has 0 radical (unpaired) electrons. The Hall–Kier alpha value is -1.34. The molecule has 0 aromatic carbocycles. The summed E-state index contributed by atoms with van der Waals surface area (Å²) in [6.07, 6.45) is 0. The van der Waals surface area contributed by atoms with Crippen LogP contribution in [0.2, 0.25) is 0 Å². The number of esters is 1. The highest BCUT2D eigenvalue weighted by molar-refractivity contribution is 7.89. The molecule has 1 heterocycles. The second-order valence-electron chi connectivity index (χ2n) is 4.66. The van der Waals surface area contributed by atoms with Crippen LogP contribution >= 0.6 is 0 Å². The Balaban J connectivity index is 3.30. The first kappa shape index (κ1) is 15.7. The van der Waals surface area contributed by atoms with Crippen LogP contribution in [-0.2, 0) is 14.8 Å². The zero-order valence-electron chi connectivity index (χ0n) is 11.7. The van der Waals surface area contributed by atoms with Gasteiger partial charge in [-0.1, -0.05) is 13.8 Å². The van der Waals surface area contributed by atoms with E-state index in [4.69, 9.17) is 4.42 Å². The SMILES string of the molecule is COC(=O)c1c(C)oc(C)c1S(=O)(=O)NCC(C)C. The largest absolute Gasteiger partial charge is 0.465 e. The van der Waals surface area contributed by atoms with E-state index in [1.54, 1.807) is 0 Å². The lowest BCUT2D eigenvalue weighted by Gasteiger charge is -2.09. The molecule has 19 heavy (non-hydrogen) atoms. The number of hydrogen-bond donors (Lipinski definition) is 1. The molecule has 0 aliphatic rings. The maximum Gasteiger partial charge on any atom is 0.342 e. The molecule has 0 spiro atoms. The average Bonchev–Trinajstić information content (AvgIpc) is 2.61. The van der Waals surface area contributed by atoms with Crippen LogP contribution in [0.4, 0.5) is 0 Å². The van der Waals surface area contributed by atoms with E-state index in [-0.39, 0.29) is 34.4 Å². The fraction of sp³-hybridized carbons (Fsp3) is 0.583. The van der Waals surface area contributed by atoms with Crippen molar-refractivity contribution in [2.24, 2.45) is 5.92 Å². The summed E-state index contributed by atoms with van der Waals surface area (Å²) >= 11 is 0. The summed E-state index contributed by atoms with van der Waals surface area (Å²) in [4.78, 5) is 11.5. The fourth-order valence-electron chi connectivity index (χ4n) is 1.67. The van der Waals surface area contributed by atoms with E-state index in [0.717, 1.165) is 0 Å². The van der Waals surface area contributed by atoms with Crippen LogP contribution < -0.4 is 4.72 Å². The summed E-state index contributed by atoms with van der Waals surface area (Å²) in [6.45, 7) is 7.09. The Kier molecular flexibility index (Phi) is 4.75. The smallest absolute Gasteiger partial charge is 0.342 e. The Bertz CT molecular complexity index is 571. The van der Waals surface area contributed by atoms with Gasteiger partial charge in [-0.2, -0.15) is 0 Å². The molecule has 0 saturated heterocycles. The Labute approximate surface area is 113 Å². The van der Waals surface area contributed by atoms with Gasteiger partial charge in [0.2, 0.25) is 10.0 Å². The van der Waals surface area contributed by atoms with Crippen LogP contribution in [0.5, 0.6) is 0 Å². The van der Waals surface area contributed by atoms with Gasteiger partial charge in [0.15, 0.2) is 0 Å². The van der Waals surface area contributed by atoms with Crippen molar-refractivity contribution in [3.63, 3.8) is 0 Å². The zero-order chi connectivity index (χ0) is 14.8. The molecule has 0 fully saturated rings. The topological polar surface area (TPSA) is 85.6 Å². The number of hydrogen-bond acceptors (Lipinski definition) is 5. The summed E-state index contributed by atoms with van der Waals surface area (Å²) in [5.74, 6) is -0.160. The van der Waals surface area contributed by atoms with Crippen molar-refractivity contribution in [1.29, 1.82) is 0 Å². The van der Waals surface area contributed by atoms with Crippen LogP contribution in [0.1, 0.15) is 35.7 Å². The third-order valence-electron chi connectivity index (χ3n) is 2.54. The van der Waals surface area contributed by atoms with Crippen LogP contribution in [-0.4, -0.2) is 28.0 Å². The first-order valence-electron chi connectivity index (χ1n) is 5.88. The molecule has 7 heteroatoms. The third kappa shape index (κ3) is 3.36. The molecule has 108 valence electrons. The first-order valence-corrected chi connectivity index (χ1v) is 7.37. The zero-order valence-corrected chi connectivity index (χ0v) is 12.6. The van der Waals surface area contributed by atoms with Gasteiger partial charge in [0.05, 0.1) is 7.11 Å². The van der Waals surface area contributed by atoms with Crippen molar-refractivity contribution in [1.82, 2.24) is 4.72 Å². The van der Waals surface area contributed by atoms with E-state index in [1.807, 2.05) is 13.8 Å². The molecule has 0 amide bonds. The minimum absolute atomic E-state index is 0.0451. The standard InChI is InChI=1S/C12H19NO5S/c1-7(2)6-13-19(15,16)11-9(4)18-8(3)10(11)12(14)17-5/h7,13H,6H2,1-5H3. The number of nitrogens with one attached hydrogen (secondary N) is 1. The van der Waals surface area contributed by atoms with Crippen molar-refractivity contribution in [3.8, 4) is 0 Å². The third-order valence-corrected chi connectivity index (χ3v) is 4.12. The molecular formula is C12H19NO5S. The predicted molar refractivity (Wildman–Crippen MR) is 69.5 cm³/mol. The number of ether oxygens (including phenoxy) is 1. The molecule has 6 nitrogen and oxygen atoms in total. The molecule has 0 saturated carbocycles. The van der Waals surface area contributed by atoms with Crippen LogP contribution in [0.15, 0.2) is 9.31 Å². The maximum absolute atomic E-state index is 12.2. The highest BCUT2D eigenvalue weighted by Crippen LogP contribution is 2.27. The number of aryl methyl sites for hydroxylation is 2. The van der Waals surface area contributed by atoms with Crippen LogP contribution in [0.25, 0.3) is 0 Å².